The molecular weight excluding hydrogens is 219 g/mol. The highest BCUT2D eigenvalue weighted by atomic mass is 35.5. The number of hydrogen-bond acceptors (Lipinski definition) is 1. The molecule has 0 nitrogen and oxygen atoms in total. The van der Waals surface area contributed by atoms with Crippen LogP contribution < -0.4 is 0 Å². The Morgan fingerprint density at radius 3 is 2.79 bits per heavy atom. The second-order valence-electron chi connectivity index (χ2n) is 3.06. The van der Waals surface area contributed by atoms with E-state index in [-0.39, 0.29) is 5.82 Å². The average molecular weight is 233 g/mol. The topological polar surface area (TPSA) is 0 Å². The summed E-state index contributed by atoms with van der Waals surface area (Å²) in [6, 6.07) is 6.73. The van der Waals surface area contributed by atoms with Crippen LogP contribution in [0.5, 0.6) is 0 Å². The maximum absolute atomic E-state index is 12.8. The van der Waals surface area contributed by atoms with Gasteiger partial charge in [0.2, 0.25) is 0 Å². The number of benzene rings is 1. The fourth-order valence-electron chi connectivity index (χ4n) is 1.12. The van der Waals surface area contributed by atoms with Crippen LogP contribution in [0.15, 0.2) is 29.2 Å². The van der Waals surface area contributed by atoms with E-state index in [1.165, 1.54) is 6.07 Å². The summed E-state index contributed by atoms with van der Waals surface area (Å²) >= 11 is 7.26. The quantitative estimate of drug-likeness (QED) is 0.400. The van der Waals surface area contributed by atoms with Crippen molar-refractivity contribution in [3.05, 3.63) is 30.1 Å². The Bertz CT molecular complexity index is 265. The van der Waals surface area contributed by atoms with Crippen LogP contribution >= 0.6 is 23.4 Å². The molecule has 0 saturated heterocycles. The second kappa shape index (κ2) is 7.13. The monoisotopic (exact) mass is 232 g/mol. The van der Waals surface area contributed by atoms with Gasteiger partial charge in [0.05, 0.1) is 0 Å². The smallest absolute Gasteiger partial charge is 0.124 e. The molecular formula is C11H14ClFS. The van der Waals surface area contributed by atoms with Gasteiger partial charge in [-0.25, -0.2) is 4.39 Å². The highest BCUT2D eigenvalue weighted by Crippen LogP contribution is 2.20. The van der Waals surface area contributed by atoms with Crippen LogP contribution in [-0.4, -0.2) is 11.6 Å². The summed E-state index contributed by atoms with van der Waals surface area (Å²) in [6.45, 7) is 0. The summed E-state index contributed by atoms with van der Waals surface area (Å²) in [5.41, 5.74) is 0. The summed E-state index contributed by atoms with van der Waals surface area (Å²) in [6.07, 6.45) is 3.38. The normalized spacial score (nSPS) is 10.4. The van der Waals surface area contributed by atoms with E-state index < -0.39 is 0 Å². The third kappa shape index (κ3) is 4.87. The first-order valence-electron chi connectivity index (χ1n) is 4.77. The van der Waals surface area contributed by atoms with Gasteiger partial charge < -0.3 is 0 Å². The van der Waals surface area contributed by atoms with E-state index in [0.29, 0.717) is 0 Å². The molecule has 0 atom stereocenters. The zero-order valence-corrected chi connectivity index (χ0v) is 9.58. The van der Waals surface area contributed by atoms with Gasteiger partial charge in [-0.15, -0.1) is 23.4 Å². The second-order valence-corrected chi connectivity index (χ2v) is 4.60. The molecule has 0 bridgehead atoms. The fraction of sp³-hybridized carbons (Fsp3) is 0.455. The van der Waals surface area contributed by atoms with E-state index in [9.17, 15) is 4.39 Å². The standard InChI is InChI=1S/C11H14ClFS/c12-7-2-1-3-8-14-11-6-4-5-10(13)9-11/h4-6,9H,1-3,7-8H2. The maximum atomic E-state index is 12.8. The van der Waals surface area contributed by atoms with Crippen molar-refractivity contribution in [2.45, 2.75) is 24.2 Å². The Kier molecular flexibility index (Phi) is 6.04. The fourth-order valence-corrected chi connectivity index (χ4v) is 2.26. The number of unbranched alkanes of at least 4 members (excludes halogenated alkanes) is 2. The largest absolute Gasteiger partial charge is 0.207 e. The van der Waals surface area contributed by atoms with Crippen molar-refractivity contribution in [1.29, 1.82) is 0 Å². The molecule has 0 N–H and O–H groups in total. The molecule has 78 valence electrons. The molecule has 0 spiro atoms. The third-order valence-corrected chi connectivity index (χ3v) is 3.19. The average Bonchev–Trinajstić information content (AvgIpc) is 2.18. The molecule has 0 aliphatic heterocycles. The van der Waals surface area contributed by atoms with E-state index in [1.54, 1.807) is 23.9 Å². The van der Waals surface area contributed by atoms with E-state index in [4.69, 9.17) is 11.6 Å². The molecule has 0 aliphatic carbocycles. The van der Waals surface area contributed by atoms with Gasteiger partial charge >= 0.3 is 0 Å². The molecule has 1 aromatic rings. The van der Waals surface area contributed by atoms with Crippen LogP contribution in [0.2, 0.25) is 0 Å². The minimum atomic E-state index is -0.157. The Morgan fingerprint density at radius 1 is 1.21 bits per heavy atom. The summed E-state index contributed by atoms with van der Waals surface area (Å²) in [4.78, 5) is 1.01. The first-order chi connectivity index (χ1) is 6.83. The van der Waals surface area contributed by atoms with Gasteiger partial charge in [-0.3, -0.25) is 0 Å². The van der Waals surface area contributed by atoms with Gasteiger partial charge in [-0.2, -0.15) is 0 Å². The lowest BCUT2D eigenvalue weighted by atomic mass is 10.3. The minimum Gasteiger partial charge on any atom is -0.207 e. The van der Waals surface area contributed by atoms with Gasteiger partial charge in [0.1, 0.15) is 5.82 Å². The summed E-state index contributed by atoms with van der Waals surface area (Å²) in [5, 5.41) is 0. The summed E-state index contributed by atoms with van der Waals surface area (Å²) < 4.78 is 12.8. The lowest BCUT2D eigenvalue weighted by Crippen LogP contribution is -1.83. The van der Waals surface area contributed by atoms with Crippen molar-refractivity contribution in [1.82, 2.24) is 0 Å². The molecule has 0 radical (unpaired) electrons. The zero-order valence-electron chi connectivity index (χ0n) is 8.01. The SMILES string of the molecule is Fc1cccc(SCCCCCCl)c1. The molecule has 1 aromatic carbocycles. The number of alkyl halides is 1. The van der Waals surface area contributed by atoms with Gasteiger partial charge in [0.15, 0.2) is 0 Å². The van der Waals surface area contributed by atoms with Crippen LogP contribution in [-0.2, 0) is 0 Å². The molecule has 0 fully saturated rings. The highest BCUT2D eigenvalue weighted by Gasteiger charge is 1.95. The number of hydrogen-bond donors (Lipinski definition) is 0. The van der Waals surface area contributed by atoms with Crippen molar-refractivity contribution in [3.8, 4) is 0 Å². The molecule has 0 aliphatic rings. The predicted molar refractivity (Wildman–Crippen MR) is 61.7 cm³/mol. The van der Waals surface area contributed by atoms with Gasteiger partial charge in [0.25, 0.3) is 0 Å². The van der Waals surface area contributed by atoms with Crippen LogP contribution in [0.1, 0.15) is 19.3 Å². The van der Waals surface area contributed by atoms with Crippen molar-refractivity contribution in [2.24, 2.45) is 0 Å². The van der Waals surface area contributed by atoms with Crippen LogP contribution in [0, 0.1) is 5.82 Å². The first-order valence-corrected chi connectivity index (χ1v) is 6.29. The number of halogens is 2. The van der Waals surface area contributed by atoms with Gasteiger partial charge in [-0.1, -0.05) is 12.5 Å². The van der Waals surface area contributed by atoms with Gasteiger partial charge in [-0.05, 0) is 36.8 Å². The van der Waals surface area contributed by atoms with Gasteiger partial charge in [0, 0.05) is 10.8 Å². The molecule has 14 heavy (non-hydrogen) atoms. The molecule has 0 amide bonds. The van der Waals surface area contributed by atoms with Crippen molar-refractivity contribution < 1.29 is 4.39 Å². The minimum absolute atomic E-state index is 0.157. The third-order valence-electron chi connectivity index (χ3n) is 1.84. The molecule has 3 heteroatoms. The Morgan fingerprint density at radius 2 is 2.07 bits per heavy atom. The van der Waals surface area contributed by atoms with Crippen LogP contribution in [0.4, 0.5) is 4.39 Å². The van der Waals surface area contributed by atoms with E-state index >= 15 is 0 Å². The lowest BCUT2D eigenvalue weighted by molar-refractivity contribution is 0.624. The Balaban J connectivity index is 2.18. The summed E-state index contributed by atoms with van der Waals surface area (Å²) in [7, 11) is 0. The van der Waals surface area contributed by atoms with E-state index in [2.05, 4.69) is 0 Å². The van der Waals surface area contributed by atoms with Crippen molar-refractivity contribution >= 4 is 23.4 Å². The van der Waals surface area contributed by atoms with E-state index in [1.807, 2.05) is 6.07 Å². The maximum Gasteiger partial charge on any atom is 0.124 e. The van der Waals surface area contributed by atoms with Crippen molar-refractivity contribution in [3.63, 3.8) is 0 Å². The van der Waals surface area contributed by atoms with Crippen LogP contribution in [0.25, 0.3) is 0 Å². The number of rotatable bonds is 6. The molecule has 0 aromatic heterocycles. The summed E-state index contributed by atoms with van der Waals surface area (Å²) in [5.74, 6) is 1.63. The zero-order chi connectivity index (χ0) is 10.2. The molecule has 0 unspecified atom stereocenters. The molecule has 0 heterocycles. The molecule has 1 rings (SSSR count). The molecule has 0 saturated carbocycles. The van der Waals surface area contributed by atoms with E-state index in [0.717, 1.165) is 35.8 Å². The Hall–Kier alpha value is -0.210. The predicted octanol–water partition coefficient (Wildman–Crippen LogP) is 4.33. The Labute approximate surface area is 93.8 Å². The highest BCUT2D eigenvalue weighted by molar-refractivity contribution is 7.99. The lowest BCUT2D eigenvalue weighted by Gasteiger charge is -2.00. The van der Waals surface area contributed by atoms with Crippen molar-refractivity contribution in [2.75, 3.05) is 11.6 Å². The number of thioether (sulfide) groups is 1. The van der Waals surface area contributed by atoms with Crippen LogP contribution in [0.3, 0.4) is 0 Å². The first kappa shape index (κ1) is 11.9.